The molecular weight excluding hydrogens is 391 g/mol. The number of para-hydroxylation sites is 1. The molecule has 2 heterocycles. The second kappa shape index (κ2) is 7.05. The van der Waals surface area contributed by atoms with Gasteiger partial charge in [0, 0.05) is 35.0 Å². The van der Waals surface area contributed by atoms with Crippen LogP contribution in [0.2, 0.25) is 0 Å². The van der Waals surface area contributed by atoms with E-state index in [4.69, 9.17) is 4.74 Å². The third-order valence-electron chi connectivity index (χ3n) is 6.13. The van der Waals surface area contributed by atoms with E-state index in [1.165, 1.54) is 0 Å². The third kappa shape index (κ3) is 3.58. The smallest absolute Gasteiger partial charge is 0.417 e. The maximum atomic E-state index is 14.1. The van der Waals surface area contributed by atoms with Crippen LogP contribution in [0.1, 0.15) is 42.7 Å². The van der Waals surface area contributed by atoms with Gasteiger partial charge in [0.15, 0.2) is 5.60 Å². The van der Waals surface area contributed by atoms with Crippen molar-refractivity contribution in [3.8, 4) is 5.75 Å². The van der Waals surface area contributed by atoms with Crippen LogP contribution >= 0.6 is 0 Å². The topological polar surface area (TPSA) is 45.2 Å². The second-order valence-corrected chi connectivity index (χ2v) is 8.99. The fraction of sp³-hybridized carbons (Fsp3) is 0.417. The van der Waals surface area contributed by atoms with E-state index in [-0.39, 0.29) is 0 Å². The molecule has 2 N–H and O–H groups in total. The van der Waals surface area contributed by atoms with Crippen LogP contribution in [-0.4, -0.2) is 28.5 Å². The Kier molecular flexibility index (Phi) is 4.88. The summed E-state index contributed by atoms with van der Waals surface area (Å²) in [4.78, 5) is 3.05. The summed E-state index contributed by atoms with van der Waals surface area (Å²) in [7, 11) is 0. The summed E-state index contributed by atoms with van der Waals surface area (Å²) in [5.41, 5.74) is -0.0145. The number of hydrogen-bond acceptors (Lipinski definition) is 2. The monoisotopic (exact) mass is 417 g/mol. The molecule has 0 fully saturated rings. The maximum Gasteiger partial charge on any atom is 0.417 e. The molecule has 0 saturated carbocycles. The largest absolute Gasteiger partial charge is 0.493 e. The summed E-state index contributed by atoms with van der Waals surface area (Å²) in [5, 5.41) is 11.8. The molecule has 0 aliphatic carbocycles. The summed E-state index contributed by atoms with van der Waals surface area (Å²) in [6.07, 6.45) is -5.05. The molecule has 6 heteroatoms. The Hall–Kier alpha value is -2.47. The number of halogens is 3. The van der Waals surface area contributed by atoms with E-state index in [0.29, 0.717) is 23.6 Å². The standard InChI is InChI=1S/C24H26F3NO2/c1-15-6-4-9-20-18(15)12-17(28-20)13-23(29,24(25,26)27)14-22(2,3)19-8-5-7-16-10-11-30-21(16)19/h4-9,12,28-29H,10-11,13-14H2,1-3H3. The van der Waals surface area contributed by atoms with Crippen LogP contribution in [0.5, 0.6) is 5.75 Å². The number of fused-ring (bicyclic) bond motifs is 2. The van der Waals surface area contributed by atoms with Crippen LogP contribution in [0, 0.1) is 6.92 Å². The summed E-state index contributed by atoms with van der Waals surface area (Å²) in [6, 6.07) is 12.9. The van der Waals surface area contributed by atoms with E-state index in [1.54, 1.807) is 26.0 Å². The average Bonchev–Trinajstić information content (AvgIpc) is 3.26. The summed E-state index contributed by atoms with van der Waals surface area (Å²) in [5.74, 6) is 0.660. The fourth-order valence-electron chi connectivity index (χ4n) is 4.61. The van der Waals surface area contributed by atoms with E-state index in [0.717, 1.165) is 28.5 Å². The Morgan fingerprint density at radius 3 is 2.53 bits per heavy atom. The highest BCUT2D eigenvalue weighted by molar-refractivity contribution is 5.83. The molecule has 0 bridgehead atoms. The van der Waals surface area contributed by atoms with Crippen LogP contribution in [0.25, 0.3) is 10.9 Å². The van der Waals surface area contributed by atoms with E-state index < -0.39 is 30.0 Å². The lowest BCUT2D eigenvalue weighted by Gasteiger charge is -2.38. The fourth-order valence-corrected chi connectivity index (χ4v) is 4.61. The zero-order valence-electron chi connectivity index (χ0n) is 17.4. The average molecular weight is 417 g/mol. The van der Waals surface area contributed by atoms with Gasteiger partial charge in [0.2, 0.25) is 0 Å². The number of alkyl halides is 3. The molecule has 1 unspecified atom stereocenters. The van der Waals surface area contributed by atoms with Crippen LogP contribution in [0.3, 0.4) is 0 Å². The Balaban J connectivity index is 1.70. The van der Waals surface area contributed by atoms with Gasteiger partial charge in [-0.1, -0.05) is 44.2 Å². The van der Waals surface area contributed by atoms with Gasteiger partial charge in [0.05, 0.1) is 6.61 Å². The van der Waals surface area contributed by atoms with Crippen molar-refractivity contribution >= 4 is 10.9 Å². The first-order chi connectivity index (χ1) is 14.0. The quantitative estimate of drug-likeness (QED) is 0.566. The third-order valence-corrected chi connectivity index (χ3v) is 6.13. The lowest BCUT2D eigenvalue weighted by Crippen LogP contribution is -2.51. The predicted octanol–water partition coefficient (Wildman–Crippen LogP) is 5.62. The molecule has 1 aliphatic rings. The molecule has 1 atom stereocenters. The van der Waals surface area contributed by atoms with Gasteiger partial charge in [-0.15, -0.1) is 0 Å². The molecule has 1 aromatic heterocycles. The van der Waals surface area contributed by atoms with Gasteiger partial charge < -0.3 is 14.8 Å². The van der Waals surface area contributed by atoms with Gasteiger partial charge in [-0.2, -0.15) is 13.2 Å². The number of aryl methyl sites for hydroxylation is 1. The van der Waals surface area contributed by atoms with Gasteiger partial charge in [0.1, 0.15) is 5.75 Å². The van der Waals surface area contributed by atoms with Crippen molar-refractivity contribution < 1.29 is 23.0 Å². The van der Waals surface area contributed by atoms with Crippen molar-refractivity contribution in [1.29, 1.82) is 0 Å². The zero-order valence-corrected chi connectivity index (χ0v) is 17.4. The van der Waals surface area contributed by atoms with Crippen LogP contribution in [0.15, 0.2) is 42.5 Å². The van der Waals surface area contributed by atoms with Gasteiger partial charge in [-0.3, -0.25) is 0 Å². The van der Waals surface area contributed by atoms with E-state index in [2.05, 4.69) is 4.98 Å². The Bertz CT molecular complexity index is 1080. The molecule has 2 aromatic carbocycles. The Labute approximate surface area is 173 Å². The van der Waals surface area contributed by atoms with Crippen molar-refractivity contribution in [2.75, 3.05) is 6.61 Å². The van der Waals surface area contributed by atoms with E-state index in [1.807, 2.05) is 37.3 Å². The first kappa shape index (κ1) is 20.8. The number of ether oxygens (including phenoxy) is 1. The predicted molar refractivity (Wildman–Crippen MR) is 111 cm³/mol. The summed E-state index contributed by atoms with van der Waals surface area (Å²) < 4.78 is 48.2. The molecule has 160 valence electrons. The maximum absolute atomic E-state index is 14.1. The number of hydrogen-bond donors (Lipinski definition) is 2. The number of aromatic nitrogens is 1. The second-order valence-electron chi connectivity index (χ2n) is 8.99. The van der Waals surface area contributed by atoms with Gasteiger partial charge in [0.25, 0.3) is 0 Å². The first-order valence-corrected chi connectivity index (χ1v) is 10.1. The highest BCUT2D eigenvalue weighted by Crippen LogP contribution is 2.46. The first-order valence-electron chi connectivity index (χ1n) is 10.1. The molecule has 30 heavy (non-hydrogen) atoms. The number of H-pyrrole nitrogens is 1. The molecule has 0 radical (unpaired) electrons. The van der Waals surface area contributed by atoms with Crippen LogP contribution < -0.4 is 4.74 Å². The summed E-state index contributed by atoms with van der Waals surface area (Å²) >= 11 is 0. The molecule has 4 rings (SSSR count). The molecule has 1 aliphatic heterocycles. The lowest BCUT2D eigenvalue weighted by molar-refractivity contribution is -0.266. The number of aromatic amines is 1. The van der Waals surface area contributed by atoms with Gasteiger partial charge >= 0.3 is 6.18 Å². The number of nitrogens with one attached hydrogen (secondary N) is 1. The van der Waals surface area contributed by atoms with Crippen molar-refractivity contribution in [2.45, 2.75) is 57.2 Å². The van der Waals surface area contributed by atoms with Gasteiger partial charge in [-0.05, 0) is 42.0 Å². The molecule has 3 nitrogen and oxygen atoms in total. The summed E-state index contributed by atoms with van der Waals surface area (Å²) in [6.45, 7) is 5.90. The Morgan fingerprint density at radius 2 is 1.83 bits per heavy atom. The SMILES string of the molecule is Cc1cccc2[nH]c(CC(O)(CC(C)(C)c3cccc4c3OCC4)C(F)(F)F)cc12. The van der Waals surface area contributed by atoms with Crippen molar-refractivity contribution in [3.05, 3.63) is 64.8 Å². The van der Waals surface area contributed by atoms with Crippen molar-refractivity contribution in [1.82, 2.24) is 4.98 Å². The minimum Gasteiger partial charge on any atom is -0.493 e. The van der Waals surface area contributed by atoms with E-state index in [9.17, 15) is 18.3 Å². The van der Waals surface area contributed by atoms with Crippen molar-refractivity contribution in [3.63, 3.8) is 0 Å². The zero-order chi connectivity index (χ0) is 21.7. The highest BCUT2D eigenvalue weighted by Gasteiger charge is 2.56. The molecule has 3 aromatic rings. The normalized spacial score (nSPS) is 16.4. The van der Waals surface area contributed by atoms with Crippen LogP contribution in [-0.2, 0) is 18.3 Å². The molecule has 0 amide bonds. The number of aliphatic hydroxyl groups is 1. The Morgan fingerprint density at radius 1 is 1.10 bits per heavy atom. The van der Waals surface area contributed by atoms with Gasteiger partial charge in [-0.25, -0.2) is 0 Å². The van der Waals surface area contributed by atoms with Crippen LogP contribution in [0.4, 0.5) is 13.2 Å². The minimum atomic E-state index is -4.78. The lowest BCUT2D eigenvalue weighted by atomic mass is 9.73. The van der Waals surface area contributed by atoms with E-state index >= 15 is 0 Å². The highest BCUT2D eigenvalue weighted by atomic mass is 19.4. The molecule has 0 saturated heterocycles. The number of benzene rings is 2. The number of rotatable bonds is 5. The minimum absolute atomic E-state index is 0.365. The van der Waals surface area contributed by atoms with Crippen molar-refractivity contribution in [2.24, 2.45) is 0 Å². The molecular formula is C24H26F3NO2. The molecule has 0 spiro atoms.